The molecule has 0 bridgehead atoms. The van der Waals surface area contributed by atoms with Gasteiger partial charge in [0.15, 0.2) is 0 Å². The van der Waals surface area contributed by atoms with Crippen molar-refractivity contribution in [2.45, 2.75) is 45.6 Å². The van der Waals surface area contributed by atoms with Gasteiger partial charge in [-0.05, 0) is 42.4 Å². The number of hydrogen-bond donors (Lipinski definition) is 1. The first kappa shape index (κ1) is 14.5. The minimum absolute atomic E-state index is 0.0886. The van der Waals surface area contributed by atoms with Gasteiger partial charge in [-0.3, -0.25) is 0 Å². The lowest BCUT2D eigenvalue weighted by Gasteiger charge is -2.46. The topological polar surface area (TPSA) is 43.8 Å². The number of nitrogens with zero attached hydrogens (tertiary/aromatic N) is 2. The van der Waals surface area contributed by atoms with E-state index in [4.69, 9.17) is 10.7 Å². The van der Waals surface area contributed by atoms with Gasteiger partial charge in [0, 0.05) is 19.0 Å². The predicted molar refractivity (Wildman–Crippen MR) is 83.6 cm³/mol. The number of aryl methyl sites for hydroxylation is 1. The third-order valence-corrected chi connectivity index (χ3v) is 5.69. The zero-order chi connectivity index (χ0) is 15.4. The van der Waals surface area contributed by atoms with Gasteiger partial charge in [-0.1, -0.05) is 20.8 Å². The Labute approximate surface area is 125 Å². The number of nitrogens with two attached hydrogens (primary N) is 1. The van der Waals surface area contributed by atoms with Gasteiger partial charge < -0.3 is 10.3 Å². The van der Waals surface area contributed by atoms with E-state index in [0.29, 0.717) is 11.8 Å². The molecule has 0 amide bonds. The van der Waals surface area contributed by atoms with Gasteiger partial charge in [0.25, 0.3) is 0 Å². The van der Waals surface area contributed by atoms with Crippen molar-refractivity contribution in [2.75, 3.05) is 0 Å². The molecule has 2 aromatic rings. The molecule has 1 heterocycles. The Kier molecular flexibility index (Phi) is 3.32. The van der Waals surface area contributed by atoms with Gasteiger partial charge in [-0.2, -0.15) is 0 Å². The van der Waals surface area contributed by atoms with Crippen LogP contribution in [0.2, 0.25) is 0 Å². The molecule has 3 rings (SSSR count). The predicted octanol–water partition coefficient (Wildman–Crippen LogP) is 3.58. The van der Waals surface area contributed by atoms with Crippen molar-refractivity contribution in [3.63, 3.8) is 0 Å². The highest BCUT2D eigenvalue weighted by Crippen LogP contribution is 2.49. The summed E-state index contributed by atoms with van der Waals surface area (Å²) in [4.78, 5) is 4.79. The molecule has 3 atom stereocenters. The van der Waals surface area contributed by atoms with Crippen molar-refractivity contribution >= 4 is 11.0 Å². The minimum atomic E-state index is -0.213. The molecule has 1 fully saturated rings. The molecule has 0 spiro atoms. The van der Waals surface area contributed by atoms with Crippen molar-refractivity contribution in [1.82, 2.24) is 9.55 Å². The fourth-order valence-electron chi connectivity index (χ4n) is 3.81. The van der Waals surface area contributed by atoms with Crippen LogP contribution in [0, 0.1) is 17.2 Å². The number of fused-ring (bicyclic) bond motifs is 1. The van der Waals surface area contributed by atoms with Crippen molar-refractivity contribution in [3.05, 3.63) is 29.8 Å². The van der Waals surface area contributed by atoms with Crippen LogP contribution in [-0.2, 0) is 7.05 Å². The van der Waals surface area contributed by atoms with Crippen LogP contribution in [0.15, 0.2) is 18.2 Å². The summed E-state index contributed by atoms with van der Waals surface area (Å²) < 4.78 is 15.5. The Morgan fingerprint density at radius 1 is 1.33 bits per heavy atom. The van der Waals surface area contributed by atoms with E-state index in [1.165, 1.54) is 6.07 Å². The van der Waals surface area contributed by atoms with Gasteiger partial charge in [0.1, 0.15) is 11.6 Å². The highest BCUT2D eigenvalue weighted by atomic mass is 19.1. The van der Waals surface area contributed by atoms with Crippen LogP contribution in [0.4, 0.5) is 4.39 Å². The zero-order valence-electron chi connectivity index (χ0n) is 13.2. The average molecular weight is 289 g/mol. The second kappa shape index (κ2) is 4.80. The van der Waals surface area contributed by atoms with E-state index < -0.39 is 0 Å². The second-order valence-corrected chi connectivity index (χ2v) is 7.07. The van der Waals surface area contributed by atoms with E-state index in [1.807, 2.05) is 11.6 Å². The molecule has 21 heavy (non-hydrogen) atoms. The first-order chi connectivity index (χ1) is 9.82. The summed E-state index contributed by atoms with van der Waals surface area (Å²) >= 11 is 0. The maximum absolute atomic E-state index is 13.5. The zero-order valence-corrected chi connectivity index (χ0v) is 13.2. The third kappa shape index (κ3) is 2.16. The molecule has 1 aliphatic rings. The molecule has 1 saturated carbocycles. The van der Waals surface area contributed by atoms with Crippen LogP contribution in [0.3, 0.4) is 0 Å². The minimum Gasteiger partial charge on any atom is -0.331 e. The molecule has 1 aromatic carbocycles. The van der Waals surface area contributed by atoms with Crippen LogP contribution in [0.5, 0.6) is 0 Å². The molecule has 0 radical (unpaired) electrons. The number of imidazole rings is 1. The normalized spacial score (nSPS) is 29.0. The number of benzene rings is 1. The van der Waals surface area contributed by atoms with Crippen LogP contribution in [0.25, 0.3) is 11.0 Å². The van der Waals surface area contributed by atoms with Crippen molar-refractivity contribution in [2.24, 2.45) is 24.1 Å². The Bertz CT molecular complexity index is 674. The Balaban J connectivity index is 2.10. The first-order valence-electron chi connectivity index (χ1n) is 7.70. The van der Waals surface area contributed by atoms with Crippen LogP contribution < -0.4 is 5.73 Å². The molecule has 1 aromatic heterocycles. The van der Waals surface area contributed by atoms with Crippen LogP contribution in [0.1, 0.15) is 45.4 Å². The summed E-state index contributed by atoms with van der Waals surface area (Å²) in [5.74, 6) is 1.63. The fraction of sp³-hybridized carbons (Fsp3) is 0.588. The number of halogens is 1. The number of aromatic nitrogens is 2. The van der Waals surface area contributed by atoms with Crippen LogP contribution >= 0.6 is 0 Å². The molecule has 1 aliphatic carbocycles. The molecule has 114 valence electrons. The van der Waals surface area contributed by atoms with Crippen molar-refractivity contribution in [1.29, 1.82) is 0 Å². The molecule has 3 unspecified atom stereocenters. The molecular formula is C17H24FN3. The van der Waals surface area contributed by atoms with Gasteiger partial charge in [0.2, 0.25) is 0 Å². The van der Waals surface area contributed by atoms with E-state index in [9.17, 15) is 4.39 Å². The van der Waals surface area contributed by atoms with Gasteiger partial charge in [-0.15, -0.1) is 0 Å². The number of rotatable bonds is 1. The lowest BCUT2D eigenvalue weighted by molar-refractivity contribution is 0.0936. The third-order valence-electron chi connectivity index (χ3n) is 5.69. The molecular weight excluding hydrogens is 265 g/mol. The quantitative estimate of drug-likeness (QED) is 0.872. The van der Waals surface area contributed by atoms with E-state index >= 15 is 0 Å². The van der Waals surface area contributed by atoms with E-state index in [2.05, 4.69) is 20.8 Å². The summed E-state index contributed by atoms with van der Waals surface area (Å²) in [5.41, 5.74) is 8.07. The fourth-order valence-corrected chi connectivity index (χ4v) is 3.81. The van der Waals surface area contributed by atoms with Crippen molar-refractivity contribution < 1.29 is 4.39 Å². The monoisotopic (exact) mass is 289 g/mol. The maximum atomic E-state index is 13.5. The second-order valence-electron chi connectivity index (χ2n) is 7.07. The van der Waals surface area contributed by atoms with Gasteiger partial charge in [-0.25, -0.2) is 9.37 Å². The summed E-state index contributed by atoms with van der Waals surface area (Å²) in [6, 6.07) is 5.06. The lowest BCUT2D eigenvalue weighted by atomic mass is 9.61. The number of hydrogen-bond acceptors (Lipinski definition) is 2. The first-order valence-corrected chi connectivity index (χ1v) is 7.70. The molecule has 4 heteroatoms. The Morgan fingerprint density at radius 2 is 2.05 bits per heavy atom. The Morgan fingerprint density at radius 3 is 2.76 bits per heavy atom. The standard InChI is InChI=1S/C17H24FN3/c1-10-13(19)7-6-12(17(10,2)3)16-20-14-8-5-11(18)9-15(14)21(16)4/h5,8-10,12-13H,6-7,19H2,1-4H3. The molecule has 3 nitrogen and oxygen atoms in total. The van der Waals surface area contributed by atoms with Gasteiger partial charge in [0.05, 0.1) is 11.0 Å². The maximum Gasteiger partial charge on any atom is 0.125 e. The molecule has 0 aliphatic heterocycles. The average Bonchev–Trinajstić information content (AvgIpc) is 2.74. The van der Waals surface area contributed by atoms with E-state index in [0.717, 1.165) is 29.7 Å². The highest BCUT2D eigenvalue weighted by molar-refractivity contribution is 5.76. The van der Waals surface area contributed by atoms with E-state index in [1.54, 1.807) is 12.1 Å². The summed E-state index contributed by atoms with van der Waals surface area (Å²) in [6.07, 6.45) is 2.06. The van der Waals surface area contributed by atoms with E-state index in [-0.39, 0.29) is 17.3 Å². The smallest absolute Gasteiger partial charge is 0.125 e. The molecule has 0 saturated heterocycles. The molecule has 2 N–H and O–H groups in total. The van der Waals surface area contributed by atoms with Crippen LogP contribution in [-0.4, -0.2) is 15.6 Å². The summed E-state index contributed by atoms with van der Waals surface area (Å²) in [7, 11) is 1.99. The lowest BCUT2D eigenvalue weighted by Crippen LogP contribution is -2.46. The largest absolute Gasteiger partial charge is 0.331 e. The van der Waals surface area contributed by atoms with Crippen molar-refractivity contribution in [3.8, 4) is 0 Å². The highest BCUT2D eigenvalue weighted by Gasteiger charge is 2.44. The summed E-state index contributed by atoms with van der Waals surface area (Å²) in [6.45, 7) is 6.79. The summed E-state index contributed by atoms with van der Waals surface area (Å²) in [5, 5.41) is 0. The van der Waals surface area contributed by atoms with Gasteiger partial charge >= 0.3 is 0 Å². The SMILES string of the molecule is CC1C(N)CCC(c2nc3ccc(F)cc3n2C)C1(C)C. The Hall–Kier alpha value is -1.42.